The van der Waals surface area contributed by atoms with Gasteiger partial charge in [-0.05, 0) is 56.2 Å². The number of benzene rings is 3. The van der Waals surface area contributed by atoms with E-state index in [4.69, 9.17) is 4.74 Å². The smallest absolute Gasteiger partial charge is 0.269 e. The number of non-ortho nitro benzene ring substituents is 1. The van der Waals surface area contributed by atoms with Gasteiger partial charge < -0.3 is 14.5 Å². The molecular weight excluding hydrogens is 580 g/mol. The van der Waals surface area contributed by atoms with E-state index in [-0.39, 0.29) is 23.5 Å². The van der Waals surface area contributed by atoms with Crippen molar-refractivity contribution in [3.05, 3.63) is 94.5 Å². The van der Waals surface area contributed by atoms with E-state index in [0.29, 0.717) is 31.6 Å². The number of nitro groups is 1. The number of hydrogen-bond donors (Lipinski definition) is 0. The Morgan fingerprint density at radius 1 is 0.977 bits per heavy atom. The Kier molecular flexibility index (Phi) is 9.90. The molecule has 0 spiro atoms. The van der Waals surface area contributed by atoms with Gasteiger partial charge in [-0.15, -0.1) is 10.2 Å². The summed E-state index contributed by atoms with van der Waals surface area (Å²) in [6.45, 7) is 3.26. The molecule has 0 N–H and O–H groups in total. The van der Waals surface area contributed by atoms with Crippen LogP contribution in [0.1, 0.15) is 36.5 Å². The summed E-state index contributed by atoms with van der Waals surface area (Å²) in [6, 6.07) is 23.2. The largest absolute Gasteiger partial charge is 0.497 e. The maximum Gasteiger partial charge on any atom is 0.269 e. The number of amides is 2. The third-order valence-electron chi connectivity index (χ3n) is 7.58. The Morgan fingerprint density at radius 2 is 1.70 bits per heavy atom. The maximum atomic E-state index is 13.0. The van der Waals surface area contributed by atoms with Crippen molar-refractivity contribution in [2.24, 2.45) is 0 Å². The van der Waals surface area contributed by atoms with Crippen LogP contribution in [0.4, 0.5) is 5.69 Å². The van der Waals surface area contributed by atoms with Gasteiger partial charge in [0, 0.05) is 66.8 Å². The van der Waals surface area contributed by atoms with Gasteiger partial charge in [0.05, 0.1) is 12.0 Å². The van der Waals surface area contributed by atoms with Crippen molar-refractivity contribution in [2.45, 2.75) is 37.4 Å². The molecule has 0 bridgehead atoms. The van der Waals surface area contributed by atoms with Crippen LogP contribution in [0.5, 0.6) is 5.75 Å². The molecular formula is C32H34N6O5S. The zero-order valence-corrected chi connectivity index (χ0v) is 25.5. The van der Waals surface area contributed by atoms with Crippen LogP contribution in [0, 0.1) is 10.1 Å². The van der Waals surface area contributed by atoms with Crippen LogP contribution < -0.4 is 4.74 Å². The van der Waals surface area contributed by atoms with Crippen molar-refractivity contribution in [2.75, 3.05) is 32.5 Å². The molecule has 1 fully saturated rings. The van der Waals surface area contributed by atoms with Gasteiger partial charge in [0.2, 0.25) is 5.91 Å². The first-order chi connectivity index (χ1) is 21.4. The predicted molar refractivity (Wildman–Crippen MR) is 168 cm³/mol. The fraction of sp³-hybridized carbons (Fsp3) is 0.312. The molecule has 0 saturated carbocycles. The highest BCUT2D eigenvalue weighted by Crippen LogP contribution is 2.29. The Bertz CT molecular complexity index is 1590. The summed E-state index contributed by atoms with van der Waals surface area (Å²) < 4.78 is 7.37. The van der Waals surface area contributed by atoms with Crippen molar-refractivity contribution in [1.82, 2.24) is 24.6 Å². The summed E-state index contributed by atoms with van der Waals surface area (Å²) in [6.07, 6.45) is 2.01. The first-order valence-electron chi connectivity index (χ1n) is 14.5. The number of thioether (sulfide) groups is 1. The van der Waals surface area contributed by atoms with Crippen LogP contribution in [0.15, 0.2) is 84.0 Å². The minimum Gasteiger partial charge on any atom is -0.497 e. The lowest BCUT2D eigenvalue weighted by Gasteiger charge is -2.40. The van der Waals surface area contributed by atoms with Crippen LogP contribution in [-0.2, 0) is 4.79 Å². The minimum absolute atomic E-state index is 0.0560. The lowest BCUT2D eigenvalue weighted by Crippen LogP contribution is -2.55. The van der Waals surface area contributed by atoms with Crippen molar-refractivity contribution >= 4 is 29.3 Å². The average molecular weight is 615 g/mol. The zero-order chi connectivity index (χ0) is 31.1. The van der Waals surface area contributed by atoms with E-state index in [1.165, 1.54) is 24.3 Å². The summed E-state index contributed by atoms with van der Waals surface area (Å²) in [5.41, 5.74) is 2.25. The molecule has 11 nitrogen and oxygen atoms in total. The monoisotopic (exact) mass is 614 g/mol. The number of rotatable bonds is 11. The number of piperazine rings is 1. The van der Waals surface area contributed by atoms with Gasteiger partial charge >= 0.3 is 0 Å². The molecule has 1 aromatic heterocycles. The fourth-order valence-electron chi connectivity index (χ4n) is 5.18. The first-order valence-corrected chi connectivity index (χ1v) is 15.5. The van der Waals surface area contributed by atoms with Crippen LogP contribution in [-0.4, -0.2) is 79.8 Å². The van der Waals surface area contributed by atoms with Gasteiger partial charge in [-0.2, -0.15) is 0 Å². The van der Waals surface area contributed by atoms with Gasteiger partial charge in [-0.3, -0.25) is 24.3 Å². The number of aromatic nitrogens is 3. The quantitative estimate of drug-likeness (QED) is 0.0941. The topological polar surface area (TPSA) is 124 Å². The molecule has 44 heavy (non-hydrogen) atoms. The summed E-state index contributed by atoms with van der Waals surface area (Å²) in [7, 11) is 1.64. The Hall–Kier alpha value is -4.71. The Morgan fingerprint density at radius 3 is 2.36 bits per heavy atom. The van der Waals surface area contributed by atoms with Gasteiger partial charge in [0.1, 0.15) is 5.75 Å². The second-order valence-corrected chi connectivity index (χ2v) is 11.6. The van der Waals surface area contributed by atoms with Crippen LogP contribution in [0.25, 0.3) is 17.1 Å². The van der Waals surface area contributed by atoms with Crippen molar-refractivity contribution in [3.63, 3.8) is 0 Å². The van der Waals surface area contributed by atoms with Gasteiger partial charge in [0.15, 0.2) is 11.0 Å². The lowest BCUT2D eigenvalue weighted by molar-refractivity contribution is -0.384. The van der Waals surface area contributed by atoms with E-state index in [1.54, 1.807) is 23.8 Å². The summed E-state index contributed by atoms with van der Waals surface area (Å²) in [4.78, 5) is 39.9. The molecule has 5 rings (SSSR count). The van der Waals surface area contributed by atoms with Crippen molar-refractivity contribution in [1.29, 1.82) is 0 Å². The number of ether oxygens (including phenoxy) is 1. The molecule has 0 aliphatic carbocycles. The van der Waals surface area contributed by atoms with E-state index in [9.17, 15) is 19.7 Å². The molecule has 2 amide bonds. The third-order valence-corrected chi connectivity index (χ3v) is 8.59. The molecule has 4 aromatic rings. The van der Waals surface area contributed by atoms with E-state index in [1.807, 2.05) is 71.0 Å². The third kappa shape index (κ3) is 7.08. The van der Waals surface area contributed by atoms with E-state index >= 15 is 0 Å². The summed E-state index contributed by atoms with van der Waals surface area (Å²) in [5, 5.41) is 20.7. The highest BCUT2D eigenvalue weighted by molar-refractivity contribution is 7.99. The maximum absolute atomic E-state index is 13.0. The van der Waals surface area contributed by atoms with Gasteiger partial charge in [-0.1, -0.05) is 42.1 Å². The molecule has 2 heterocycles. The standard InChI is InChI=1S/C32H34N6O5S/c1-23-22-35(19-20-36(23)31(40)25-11-13-27(14-12-25)38(41)42)29(39)10-6-7-21-44-32-34-33-30(24-8-4-3-5-9-24)37(32)26-15-17-28(43-2)18-16-26/h3-5,8-9,11-18,23H,6-7,10,19-22H2,1-2H3. The lowest BCUT2D eigenvalue weighted by atomic mass is 10.1. The minimum atomic E-state index is -0.490. The summed E-state index contributed by atoms with van der Waals surface area (Å²) >= 11 is 1.61. The molecule has 12 heteroatoms. The predicted octanol–water partition coefficient (Wildman–Crippen LogP) is 5.49. The molecule has 228 valence electrons. The molecule has 0 radical (unpaired) electrons. The number of nitrogens with zero attached hydrogens (tertiary/aromatic N) is 6. The highest BCUT2D eigenvalue weighted by Gasteiger charge is 2.30. The van der Waals surface area contributed by atoms with Crippen molar-refractivity contribution in [3.8, 4) is 22.8 Å². The Labute approximate surface area is 260 Å². The molecule has 1 unspecified atom stereocenters. The van der Waals surface area contributed by atoms with Crippen LogP contribution >= 0.6 is 11.8 Å². The van der Waals surface area contributed by atoms with Crippen LogP contribution in [0.3, 0.4) is 0 Å². The number of carbonyl (C=O) groups excluding carboxylic acids is 2. The zero-order valence-electron chi connectivity index (χ0n) is 24.7. The van der Waals surface area contributed by atoms with Gasteiger partial charge in [0.25, 0.3) is 11.6 Å². The number of hydrogen-bond acceptors (Lipinski definition) is 8. The van der Waals surface area contributed by atoms with Gasteiger partial charge in [-0.25, -0.2) is 0 Å². The fourth-order valence-corrected chi connectivity index (χ4v) is 6.13. The molecule has 1 atom stereocenters. The number of nitro benzene ring substituents is 1. The molecule has 1 saturated heterocycles. The normalized spacial score (nSPS) is 14.8. The Balaban J connectivity index is 1.12. The highest BCUT2D eigenvalue weighted by atomic mass is 32.2. The van der Waals surface area contributed by atoms with E-state index in [2.05, 4.69) is 10.2 Å². The average Bonchev–Trinajstić information content (AvgIpc) is 3.48. The number of unbranched alkanes of at least 4 members (excludes halogenated alkanes) is 1. The molecule has 1 aliphatic rings. The SMILES string of the molecule is COc1ccc(-n2c(SCCCCC(=O)N3CCN(C(=O)c4ccc([N+](=O)[O-])cc4)C(C)C3)nnc2-c2ccccc2)cc1. The van der Waals surface area contributed by atoms with Crippen molar-refractivity contribution < 1.29 is 19.2 Å². The molecule has 3 aromatic carbocycles. The summed E-state index contributed by atoms with van der Waals surface area (Å²) in [5.74, 6) is 2.21. The first kappa shape index (κ1) is 30.7. The number of methoxy groups -OCH3 is 1. The second kappa shape index (κ2) is 14.2. The second-order valence-electron chi connectivity index (χ2n) is 10.5. The van der Waals surface area contributed by atoms with Crippen LogP contribution in [0.2, 0.25) is 0 Å². The van der Waals surface area contributed by atoms with E-state index < -0.39 is 4.92 Å². The molecule has 1 aliphatic heterocycles. The van der Waals surface area contributed by atoms with E-state index in [0.717, 1.165) is 46.6 Å². The number of carbonyl (C=O) groups is 2.